The number of nitrogens with two attached hydrogens (primary N) is 1. The largest absolute Gasteiger partial charge is 0.455 e. The molecule has 2 aromatic rings. The highest BCUT2D eigenvalue weighted by atomic mass is 19.1. The number of hydrogen-bond acceptors (Lipinski definition) is 5. The van der Waals surface area contributed by atoms with Gasteiger partial charge in [0.25, 0.3) is 5.91 Å². The smallest absolute Gasteiger partial charge is 0.307 e. The molecule has 0 saturated carbocycles. The minimum Gasteiger partial charge on any atom is -0.455 e. The molecule has 0 atom stereocenters. The van der Waals surface area contributed by atoms with Gasteiger partial charge in [0.15, 0.2) is 5.76 Å². The molecule has 110 valence electrons. The number of benzene rings is 1. The average molecular weight is 297 g/mol. The van der Waals surface area contributed by atoms with E-state index in [9.17, 15) is 23.7 Å². The molecule has 1 amide bonds. The van der Waals surface area contributed by atoms with Crippen molar-refractivity contribution in [3.8, 4) is 0 Å². The second-order valence-corrected chi connectivity index (χ2v) is 3.96. The molecule has 7 nitrogen and oxygen atoms in total. The molecule has 0 fully saturated rings. The van der Waals surface area contributed by atoms with Gasteiger partial charge in [-0.25, -0.2) is 4.39 Å². The number of rotatable bonds is 4. The Morgan fingerprint density at radius 3 is 2.62 bits per heavy atom. The highest BCUT2D eigenvalue weighted by Gasteiger charge is 2.21. The van der Waals surface area contributed by atoms with Crippen LogP contribution >= 0.6 is 0 Å². The number of nitro benzene ring substituents is 1. The predicted molar refractivity (Wildman–Crippen MR) is 67.6 cm³/mol. The van der Waals surface area contributed by atoms with E-state index in [0.717, 1.165) is 0 Å². The Morgan fingerprint density at radius 2 is 2.05 bits per heavy atom. The summed E-state index contributed by atoms with van der Waals surface area (Å²) in [5, 5.41) is 12.6. The topological polar surface area (TPSA) is 111 Å². The van der Waals surface area contributed by atoms with Gasteiger partial charge in [-0.2, -0.15) is 4.39 Å². The van der Waals surface area contributed by atoms with Crippen LogP contribution in [0.5, 0.6) is 0 Å². The maximum absolute atomic E-state index is 13.5. The molecule has 0 aliphatic rings. The Balaban J connectivity index is 2.28. The average Bonchev–Trinajstić information content (AvgIpc) is 2.90. The van der Waals surface area contributed by atoms with Gasteiger partial charge in [0, 0.05) is 12.1 Å². The number of hydrogen-bond donors (Lipinski definition) is 2. The first-order valence-corrected chi connectivity index (χ1v) is 5.66. The van der Waals surface area contributed by atoms with Crippen molar-refractivity contribution in [1.29, 1.82) is 0 Å². The summed E-state index contributed by atoms with van der Waals surface area (Å²) in [5.74, 6) is -3.13. The van der Waals surface area contributed by atoms with E-state index in [4.69, 9.17) is 10.2 Å². The molecule has 1 heterocycles. The third kappa shape index (κ3) is 3.03. The molecule has 9 heteroatoms. The molecule has 0 saturated heterocycles. The van der Waals surface area contributed by atoms with Gasteiger partial charge < -0.3 is 15.5 Å². The number of nitrogens with zero attached hydrogens (tertiary/aromatic N) is 1. The second-order valence-electron chi connectivity index (χ2n) is 3.96. The summed E-state index contributed by atoms with van der Waals surface area (Å²) in [4.78, 5) is 21.3. The Labute approximate surface area is 116 Å². The quantitative estimate of drug-likeness (QED) is 0.663. The van der Waals surface area contributed by atoms with Gasteiger partial charge in [0.2, 0.25) is 5.82 Å². The fourth-order valence-corrected chi connectivity index (χ4v) is 1.57. The maximum Gasteiger partial charge on any atom is 0.307 e. The van der Waals surface area contributed by atoms with Gasteiger partial charge in [-0.15, -0.1) is 0 Å². The monoisotopic (exact) mass is 297 g/mol. The normalized spacial score (nSPS) is 10.4. The molecule has 0 unspecified atom stereocenters. The van der Waals surface area contributed by atoms with Crippen molar-refractivity contribution in [3.05, 3.63) is 57.5 Å². The highest BCUT2D eigenvalue weighted by molar-refractivity contribution is 6.02. The standard InChI is InChI=1S/C12H9F2N3O4/c13-7-3-8(14)10(17(19)20)4-9(7)16-12(18)11-2-1-6(5-15)21-11/h1-4H,5,15H2,(H,16,18). The van der Waals surface area contributed by atoms with E-state index in [0.29, 0.717) is 17.9 Å². The molecule has 0 aliphatic heterocycles. The van der Waals surface area contributed by atoms with Gasteiger partial charge in [-0.1, -0.05) is 0 Å². The Kier molecular flexibility index (Phi) is 3.94. The number of nitro groups is 1. The van der Waals surface area contributed by atoms with Crippen LogP contribution in [-0.2, 0) is 6.54 Å². The highest BCUT2D eigenvalue weighted by Crippen LogP contribution is 2.25. The van der Waals surface area contributed by atoms with Crippen molar-refractivity contribution < 1.29 is 22.9 Å². The summed E-state index contributed by atoms with van der Waals surface area (Å²) in [6.07, 6.45) is 0. The van der Waals surface area contributed by atoms with Crippen LogP contribution in [0.3, 0.4) is 0 Å². The zero-order chi connectivity index (χ0) is 15.6. The summed E-state index contributed by atoms with van der Waals surface area (Å²) >= 11 is 0. The van der Waals surface area contributed by atoms with Crippen molar-refractivity contribution in [1.82, 2.24) is 0 Å². The first-order valence-electron chi connectivity index (χ1n) is 5.66. The van der Waals surface area contributed by atoms with Gasteiger partial charge >= 0.3 is 5.69 Å². The first-order chi connectivity index (χ1) is 9.92. The van der Waals surface area contributed by atoms with E-state index in [1.165, 1.54) is 12.1 Å². The molecule has 3 N–H and O–H groups in total. The molecule has 0 radical (unpaired) electrons. The zero-order valence-electron chi connectivity index (χ0n) is 10.4. The Bertz CT molecular complexity index is 715. The predicted octanol–water partition coefficient (Wildman–Crippen LogP) is 2.18. The number of carbonyl (C=O) groups excluding carboxylic acids is 1. The van der Waals surface area contributed by atoms with E-state index in [1.54, 1.807) is 0 Å². The van der Waals surface area contributed by atoms with E-state index < -0.39 is 33.8 Å². The lowest BCUT2D eigenvalue weighted by atomic mass is 10.2. The van der Waals surface area contributed by atoms with Crippen LogP contribution in [0, 0.1) is 21.7 Å². The van der Waals surface area contributed by atoms with Crippen LogP contribution in [0.1, 0.15) is 16.3 Å². The number of nitrogens with one attached hydrogen (secondary N) is 1. The summed E-state index contributed by atoms with van der Waals surface area (Å²) in [5.41, 5.74) is 3.83. The van der Waals surface area contributed by atoms with Crippen molar-refractivity contribution in [2.75, 3.05) is 5.32 Å². The first kappa shape index (κ1) is 14.6. The molecule has 1 aromatic carbocycles. The zero-order valence-corrected chi connectivity index (χ0v) is 10.4. The van der Waals surface area contributed by atoms with Crippen molar-refractivity contribution in [2.24, 2.45) is 5.73 Å². The van der Waals surface area contributed by atoms with E-state index in [2.05, 4.69) is 5.32 Å². The fraction of sp³-hybridized carbons (Fsp3) is 0.0833. The van der Waals surface area contributed by atoms with Gasteiger partial charge in [-0.05, 0) is 12.1 Å². The van der Waals surface area contributed by atoms with Crippen molar-refractivity contribution in [2.45, 2.75) is 6.54 Å². The number of anilines is 1. The third-order valence-corrected chi connectivity index (χ3v) is 2.57. The number of halogens is 2. The Hall–Kier alpha value is -2.81. The van der Waals surface area contributed by atoms with Gasteiger partial charge in [-0.3, -0.25) is 14.9 Å². The van der Waals surface area contributed by atoms with Crippen LogP contribution < -0.4 is 11.1 Å². The molecular weight excluding hydrogens is 288 g/mol. The second kappa shape index (κ2) is 5.67. The van der Waals surface area contributed by atoms with Crippen molar-refractivity contribution in [3.63, 3.8) is 0 Å². The van der Waals surface area contributed by atoms with E-state index in [1.807, 2.05) is 0 Å². The fourth-order valence-electron chi connectivity index (χ4n) is 1.57. The lowest BCUT2D eigenvalue weighted by molar-refractivity contribution is -0.387. The summed E-state index contributed by atoms with van der Waals surface area (Å²) in [7, 11) is 0. The van der Waals surface area contributed by atoms with Gasteiger partial charge in [0.1, 0.15) is 11.6 Å². The van der Waals surface area contributed by atoms with Crippen molar-refractivity contribution >= 4 is 17.3 Å². The van der Waals surface area contributed by atoms with Gasteiger partial charge in [0.05, 0.1) is 17.2 Å². The van der Waals surface area contributed by atoms with Crippen LogP contribution in [0.25, 0.3) is 0 Å². The maximum atomic E-state index is 13.5. The molecule has 1 aromatic heterocycles. The summed E-state index contributed by atoms with van der Waals surface area (Å²) in [6.45, 7) is 0.0731. The number of carbonyl (C=O) groups is 1. The lowest BCUT2D eigenvalue weighted by Crippen LogP contribution is -2.13. The SMILES string of the molecule is NCc1ccc(C(=O)Nc2cc([N+](=O)[O-])c(F)cc2F)o1. The van der Waals surface area contributed by atoms with E-state index >= 15 is 0 Å². The minimum absolute atomic E-state index is 0.0731. The Morgan fingerprint density at radius 1 is 1.33 bits per heavy atom. The lowest BCUT2D eigenvalue weighted by Gasteiger charge is -2.05. The van der Waals surface area contributed by atoms with Crippen LogP contribution in [-0.4, -0.2) is 10.8 Å². The third-order valence-electron chi connectivity index (χ3n) is 2.57. The molecule has 0 bridgehead atoms. The minimum atomic E-state index is -1.33. The van der Waals surface area contributed by atoms with Crippen LogP contribution in [0.15, 0.2) is 28.7 Å². The molecule has 2 rings (SSSR count). The number of furan rings is 1. The molecule has 0 spiro atoms. The number of amides is 1. The van der Waals surface area contributed by atoms with E-state index in [-0.39, 0.29) is 12.3 Å². The molecular formula is C12H9F2N3O4. The molecule has 21 heavy (non-hydrogen) atoms. The molecule has 0 aliphatic carbocycles. The summed E-state index contributed by atoms with van der Waals surface area (Å²) in [6, 6.07) is 3.68. The summed E-state index contributed by atoms with van der Waals surface area (Å²) < 4.78 is 31.7. The van der Waals surface area contributed by atoms with Crippen LogP contribution in [0.2, 0.25) is 0 Å². The van der Waals surface area contributed by atoms with Crippen LogP contribution in [0.4, 0.5) is 20.2 Å².